The molecule has 0 radical (unpaired) electrons. The molecule has 1 atom stereocenters. The van der Waals surface area contributed by atoms with Crippen molar-refractivity contribution in [2.45, 2.75) is 58.0 Å². The van der Waals surface area contributed by atoms with Gasteiger partial charge in [-0.2, -0.15) is 0 Å². The van der Waals surface area contributed by atoms with Crippen molar-refractivity contribution >= 4 is 0 Å². The van der Waals surface area contributed by atoms with Crippen molar-refractivity contribution in [3.63, 3.8) is 0 Å². The minimum Gasteiger partial charge on any atom is -0.501 e. The second kappa shape index (κ2) is 4.56. The van der Waals surface area contributed by atoms with Crippen molar-refractivity contribution in [3.05, 3.63) is 11.8 Å². The van der Waals surface area contributed by atoms with E-state index in [2.05, 4.69) is 6.92 Å². The molecule has 2 nitrogen and oxygen atoms in total. The molecule has 0 saturated heterocycles. The van der Waals surface area contributed by atoms with Gasteiger partial charge in [0.25, 0.3) is 0 Å². The zero-order valence-corrected chi connectivity index (χ0v) is 9.67. The molecule has 1 saturated carbocycles. The van der Waals surface area contributed by atoms with Crippen molar-refractivity contribution in [3.8, 4) is 0 Å². The Hall–Kier alpha value is -0.500. The van der Waals surface area contributed by atoms with Gasteiger partial charge in [0.2, 0.25) is 0 Å². The Bertz CT molecular complexity index is 239. The average molecular weight is 210 g/mol. The SMILES string of the molecule is CCC1(C(O)C2=COCCC2)CCCC1. The van der Waals surface area contributed by atoms with E-state index in [1.807, 2.05) is 6.26 Å². The standard InChI is InChI=1S/C13H22O2/c1-2-13(7-3-4-8-13)12(14)11-6-5-9-15-10-11/h10,12,14H,2-9H2,1H3. The van der Waals surface area contributed by atoms with Gasteiger partial charge in [-0.05, 0) is 37.7 Å². The summed E-state index contributed by atoms with van der Waals surface area (Å²) in [6.07, 6.45) is 9.63. The van der Waals surface area contributed by atoms with Crippen LogP contribution in [0.2, 0.25) is 0 Å². The molecule has 1 aliphatic carbocycles. The Morgan fingerprint density at radius 2 is 2.13 bits per heavy atom. The maximum atomic E-state index is 10.5. The highest BCUT2D eigenvalue weighted by Crippen LogP contribution is 2.46. The van der Waals surface area contributed by atoms with Crippen LogP contribution >= 0.6 is 0 Å². The summed E-state index contributed by atoms with van der Waals surface area (Å²) < 4.78 is 5.33. The van der Waals surface area contributed by atoms with E-state index in [-0.39, 0.29) is 11.5 Å². The van der Waals surface area contributed by atoms with Crippen molar-refractivity contribution in [2.75, 3.05) is 6.61 Å². The van der Waals surface area contributed by atoms with Crippen LogP contribution in [0.3, 0.4) is 0 Å². The summed E-state index contributed by atoms with van der Waals surface area (Å²) in [5, 5.41) is 10.5. The van der Waals surface area contributed by atoms with E-state index in [1.165, 1.54) is 25.7 Å². The minimum absolute atomic E-state index is 0.159. The molecule has 1 N–H and O–H groups in total. The fourth-order valence-electron chi connectivity index (χ4n) is 3.08. The molecular formula is C13H22O2. The fraction of sp³-hybridized carbons (Fsp3) is 0.846. The zero-order chi connectivity index (χ0) is 10.7. The maximum absolute atomic E-state index is 10.5. The highest BCUT2D eigenvalue weighted by Gasteiger charge is 2.40. The van der Waals surface area contributed by atoms with Crippen LogP contribution in [-0.2, 0) is 4.74 Å². The van der Waals surface area contributed by atoms with Crippen LogP contribution in [-0.4, -0.2) is 17.8 Å². The van der Waals surface area contributed by atoms with Crippen LogP contribution in [0.15, 0.2) is 11.8 Å². The van der Waals surface area contributed by atoms with Crippen molar-refractivity contribution < 1.29 is 9.84 Å². The third-order valence-electron chi connectivity index (χ3n) is 4.20. The van der Waals surface area contributed by atoms with Gasteiger partial charge in [-0.25, -0.2) is 0 Å². The molecule has 0 aromatic heterocycles. The summed E-state index contributed by atoms with van der Waals surface area (Å²) in [7, 11) is 0. The topological polar surface area (TPSA) is 29.5 Å². The first-order valence-electron chi connectivity index (χ1n) is 6.27. The lowest BCUT2D eigenvalue weighted by Crippen LogP contribution is -2.34. The minimum atomic E-state index is -0.259. The van der Waals surface area contributed by atoms with Crippen LogP contribution in [0, 0.1) is 5.41 Å². The Labute approximate surface area is 92.3 Å². The second-order valence-corrected chi connectivity index (χ2v) is 4.99. The smallest absolute Gasteiger partial charge is 0.0876 e. The molecule has 2 aliphatic rings. The summed E-state index contributed by atoms with van der Waals surface area (Å²) in [5.41, 5.74) is 1.29. The van der Waals surface area contributed by atoms with Crippen LogP contribution in [0.1, 0.15) is 51.9 Å². The number of ether oxygens (including phenoxy) is 1. The molecular weight excluding hydrogens is 188 g/mol. The Morgan fingerprint density at radius 1 is 1.40 bits per heavy atom. The molecule has 0 aromatic carbocycles. The van der Waals surface area contributed by atoms with Gasteiger partial charge < -0.3 is 9.84 Å². The number of aliphatic hydroxyl groups excluding tert-OH is 1. The number of aliphatic hydroxyl groups is 1. The van der Waals surface area contributed by atoms with Gasteiger partial charge in [-0.1, -0.05) is 19.8 Å². The molecule has 2 heteroatoms. The van der Waals surface area contributed by atoms with Crippen LogP contribution < -0.4 is 0 Å². The van der Waals surface area contributed by atoms with Gasteiger partial charge >= 0.3 is 0 Å². The van der Waals surface area contributed by atoms with E-state index < -0.39 is 0 Å². The third kappa shape index (κ3) is 2.05. The lowest BCUT2D eigenvalue weighted by molar-refractivity contribution is 0.0430. The largest absolute Gasteiger partial charge is 0.501 e. The van der Waals surface area contributed by atoms with Crippen molar-refractivity contribution in [2.24, 2.45) is 5.41 Å². The molecule has 0 amide bonds. The maximum Gasteiger partial charge on any atom is 0.0876 e. The predicted octanol–water partition coefficient (Wildman–Crippen LogP) is 3.01. The molecule has 0 aromatic rings. The first-order chi connectivity index (χ1) is 7.28. The molecule has 1 heterocycles. The van der Waals surface area contributed by atoms with Crippen molar-refractivity contribution in [1.82, 2.24) is 0 Å². The monoisotopic (exact) mass is 210 g/mol. The van der Waals surface area contributed by atoms with Gasteiger partial charge in [-0.15, -0.1) is 0 Å². The first kappa shape index (κ1) is 11.0. The summed E-state index contributed by atoms with van der Waals surface area (Å²) in [4.78, 5) is 0. The van der Waals surface area contributed by atoms with E-state index in [0.29, 0.717) is 0 Å². The van der Waals surface area contributed by atoms with Gasteiger partial charge in [0.15, 0.2) is 0 Å². The van der Waals surface area contributed by atoms with E-state index in [1.54, 1.807) is 0 Å². The molecule has 86 valence electrons. The highest BCUT2D eigenvalue weighted by atomic mass is 16.5. The molecule has 0 bridgehead atoms. The van der Waals surface area contributed by atoms with Gasteiger partial charge in [0.05, 0.1) is 19.0 Å². The molecule has 1 fully saturated rings. The number of hydrogen-bond acceptors (Lipinski definition) is 2. The molecule has 15 heavy (non-hydrogen) atoms. The molecule has 2 rings (SSSR count). The fourth-order valence-corrected chi connectivity index (χ4v) is 3.08. The number of hydrogen-bond donors (Lipinski definition) is 1. The summed E-state index contributed by atoms with van der Waals surface area (Å²) in [6.45, 7) is 3.02. The highest BCUT2D eigenvalue weighted by molar-refractivity contribution is 5.13. The Morgan fingerprint density at radius 3 is 2.67 bits per heavy atom. The van der Waals surface area contributed by atoms with Crippen LogP contribution in [0.5, 0.6) is 0 Å². The van der Waals surface area contributed by atoms with Gasteiger partial charge in [0.1, 0.15) is 0 Å². The molecule has 0 spiro atoms. The van der Waals surface area contributed by atoms with E-state index in [0.717, 1.165) is 31.4 Å². The lowest BCUT2D eigenvalue weighted by Gasteiger charge is -2.35. The van der Waals surface area contributed by atoms with E-state index >= 15 is 0 Å². The molecule has 1 aliphatic heterocycles. The quantitative estimate of drug-likeness (QED) is 0.776. The van der Waals surface area contributed by atoms with Crippen LogP contribution in [0.4, 0.5) is 0 Å². The van der Waals surface area contributed by atoms with E-state index in [4.69, 9.17) is 4.74 Å². The summed E-state index contributed by atoms with van der Waals surface area (Å²) in [6, 6.07) is 0. The Balaban J connectivity index is 2.10. The average Bonchev–Trinajstić information content (AvgIpc) is 2.79. The predicted molar refractivity (Wildman–Crippen MR) is 60.5 cm³/mol. The van der Waals surface area contributed by atoms with E-state index in [9.17, 15) is 5.11 Å². The zero-order valence-electron chi connectivity index (χ0n) is 9.67. The first-order valence-corrected chi connectivity index (χ1v) is 6.27. The van der Waals surface area contributed by atoms with Crippen LogP contribution in [0.25, 0.3) is 0 Å². The number of rotatable bonds is 3. The second-order valence-electron chi connectivity index (χ2n) is 4.99. The van der Waals surface area contributed by atoms with Crippen molar-refractivity contribution in [1.29, 1.82) is 0 Å². The lowest BCUT2D eigenvalue weighted by atomic mass is 9.74. The third-order valence-corrected chi connectivity index (χ3v) is 4.20. The Kier molecular flexibility index (Phi) is 3.35. The summed E-state index contributed by atoms with van der Waals surface area (Å²) >= 11 is 0. The summed E-state index contributed by atoms with van der Waals surface area (Å²) in [5.74, 6) is 0. The molecule has 1 unspecified atom stereocenters. The van der Waals surface area contributed by atoms with Gasteiger partial charge in [-0.3, -0.25) is 0 Å². The normalized spacial score (nSPS) is 26.9. The van der Waals surface area contributed by atoms with Gasteiger partial charge in [0, 0.05) is 5.41 Å².